The second kappa shape index (κ2) is 11.4. The predicted octanol–water partition coefficient (Wildman–Crippen LogP) is 3.36. The van der Waals surface area contributed by atoms with Crippen LogP contribution < -0.4 is 11.1 Å². The third-order valence-electron chi connectivity index (χ3n) is 8.80. The average molecular weight is 528 g/mol. The quantitative estimate of drug-likeness (QED) is 0.437. The van der Waals surface area contributed by atoms with E-state index in [1.165, 1.54) is 6.42 Å². The second-order valence-electron chi connectivity index (χ2n) is 11.1. The van der Waals surface area contributed by atoms with Gasteiger partial charge < -0.3 is 26.0 Å². The Kier molecular flexibility index (Phi) is 7.99. The van der Waals surface area contributed by atoms with E-state index in [1.54, 1.807) is 29.2 Å². The molecule has 2 aliphatic heterocycles. The van der Waals surface area contributed by atoms with Crippen LogP contribution in [0.5, 0.6) is 0 Å². The van der Waals surface area contributed by atoms with Crippen LogP contribution >= 0.6 is 0 Å². The molecule has 1 aliphatic carbocycles. The highest BCUT2D eigenvalue weighted by Crippen LogP contribution is 2.35. The third kappa shape index (κ3) is 5.42. The molecule has 38 heavy (non-hydrogen) atoms. The number of likely N-dealkylation sites (tertiary alicyclic amines) is 2. The van der Waals surface area contributed by atoms with Crippen LogP contribution in [-0.2, 0) is 9.59 Å². The maximum absolute atomic E-state index is 13.8. The van der Waals surface area contributed by atoms with Crippen molar-refractivity contribution in [3.63, 3.8) is 0 Å². The Morgan fingerprint density at radius 1 is 1.05 bits per heavy atom. The minimum atomic E-state index is -1.04. The van der Waals surface area contributed by atoms with Crippen molar-refractivity contribution in [2.45, 2.75) is 69.5 Å². The summed E-state index contributed by atoms with van der Waals surface area (Å²) < 4.78 is 13.1. The zero-order valence-electron chi connectivity index (χ0n) is 21.7. The summed E-state index contributed by atoms with van der Waals surface area (Å²) in [4.78, 5) is 45.9. The molecule has 1 saturated carbocycles. The lowest BCUT2D eigenvalue weighted by Crippen LogP contribution is -2.55. The van der Waals surface area contributed by atoms with Gasteiger partial charge in [0.05, 0.1) is 0 Å². The number of carboxylic acid groups (broad SMARTS) is 1. The summed E-state index contributed by atoms with van der Waals surface area (Å²) in [6, 6.07) is 5.69. The predicted molar refractivity (Wildman–Crippen MR) is 143 cm³/mol. The van der Waals surface area contributed by atoms with Gasteiger partial charge in [-0.1, -0.05) is 6.42 Å². The number of piperidine rings is 1. The van der Waals surface area contributed by atoms with E-state index in [9.17, 15) is 23.9 Å². The fraction of sp³-hybridized carbons (Fsp3) is 0.607. The summed E-state index contributed by atoms with van der Waals surface area (Å²) in [5.74, 6) is -1.30. The lowest BCUT2D eigenvalue weighted by Gasteiger charge is -2.38. The van der Waals surface area contributed by atoms with E-state index < -0.39 is 24.7 Å². The van der Waals surface area contributed by atoms with Crippen LogP contribution in [0.4, 0.5) is 10.1 Å². The molecule has 0 radical (unpaired) electrons. The van der Waals surface area contributed by atoms with Gasteiger partial charge in [0.1, 0.15) is 18.4 Å². The van der Waals surface area contributed by atoms with Crippen LogP contribution in [0, 0.1) is 11.8 Å². The first kappa shape index (κ1) is 26.6. The van der Waals surface area contributed by atoms with Gasteiger partial charge in [-0.25, -0.2) is 9.18 Å². The molecule has 1 aromatic carbocycles. The van der Waals surface area contributed by atoms with Crippen molar-refractivity contribution in [2.24, 2.45) is 17.6 Å². The van der Waals surface area contributed by atoms with Gasteiger partial charge >= 0.3 is 5.97 Å². The lowest BCUT2D eigenvalue weighted by molar-refractivity contribution is -0.142. The number of carbonyl (C=O) groups is 3. The van der Waals surface area contributed by atoms with Crippen LogP contribution in [-0.4, -0.2) is 82.1 Å². The molecule has 0 unspecified atom stereocenters. The van der Waals surface area contributed by atoms with E-state index in [2.05, 4.69) is 15.2 Å². The fourth-order valence-corrected chi connectivity index (χ4v) is 6.67. The van der Waals surface area contributed by atoms with Crippen LogP contribution in [0.2, 0.25) is 0 Å². The highest BCUT2D eigenvalue weighted by molar-refractivity contribution is 6.01. The first-order valence-electron chi connectivity index (χ1n) is 13.9. The number of carbonyl (C=O) groups excluding carboxylic acids is 2. The van der Waals surface area contributed by atoms with Crippen LogP contribution in [0.3, 0.4) is 0 Å². The van der Waals surface area contributed by atoms with Gasteiger partial charge in [-0.05, 0) is 88.2 Å². The van der Waals surface area contributed by atoms with Crippen molar-refractivity contribution in [2.75, 3.05) is 31.6 Å². The number of alkyl halides is 1. The molecule has 10 heteroatoms. The number of nitrogens with two attached hydrogens (primary N) is 1. The van der Waals surface area contributed by atoms with Crippen molar-refractivity contribution >= 4 is 34.4 Å². The zero-order chi connectivity index (χ0) is 26.8. The number of amides is 2. The number of rotatable bonds is 7. The van der Waals surface area contributed by atoms with Crippen molar-refractivity contribution in [1.82, 2.24) is 14.8 Å². The van der Waals surface area contributed by atoms with Crippen LogP contribution in [0.25, 0.3) is 10.9 Å². The molecule has 9 nitrogen and oxygen atoms in total. The SMILES string of the molecule is N[C@H](CF)[C@H]1CC[C@H](C(=O)N2CC[C@@H](N3CCCCC3)[C@H]2C(=O)Nc2ccc3[nH]c(C(=O)O)cc3c2)CC1. The molecule has 0 spiro atoms. The summed E-state index contributed by atoms with van der Waals surface area (Å²) in [6.07, 6.45) is 6.93. The molecule has 3 heterocycles. The first-order valence-corrected chi connectivity index (χ1v) is 13.9. The Morgan fingerprint density at radius 3 is 2.47 bits per heavy atom. The zero-order valence-corrected chi connectivity index (χ0v) is 21.7. The largest absolute Gasteiger partial charge is 0.477 e. The molecule has 0 bridgehead atoms. The highest BCUT2D eigenvalue weighted by atomic mass is 19.1. The molecule has 3 atom stereocenters. The van der Waals surface area contributed by atoms with E-state index in [-0.39, 0.29) is 35.4 Å². The number of halogens is 1. The molecule has 206 valence electrons. The summed E-state index contributed by atoms with van der Waals surface area (Å²) in [5.41, 5.74) is 7.24. The van der Waals surface area contributed by atoms with Crippen LogP contribution in [0.15, 0.2) is 24.3 Å². The molecular formula is C28H38FN5O4. The third-order valence-corrected chi connectivity index (χ3v) is 8.80. The molecule has 5 rings (SSSR count). The van der Waals surface area contributed by atoms with E-state index in [0.717, 1.165) is 45.2 Å². The molecule has 2 aromatic rings. The highest BCUT2D eigenvalue weighted by Gasteiger charge is 2.46. The number of aromatic nitrogens is 1. The lowest BCUT2D eigenvalue weighted by atomic mass is 9.78. The molecule has 3 fully saturated rings. The molecular weight excluding hydrogens is 489 g/mol. The van der Waals surface area contributed by atoms with Crippen LogP contribution in [0.1, 0.15) is 61.9 Å². The first-order chi connectivity index (χ1) is 18.4. The molecule has 3 aliphatic rings. The topological polar surface area (TPSA) is 132 Å². The number of anilines is 1. The monoisotopic (exact) mass is 527 g/mol. The maximum Gasteiger partial charge on any atom is 0.352 e. The van der Waals surface area contributed by atoms with E-state index >= 15 is 0 Å². The number of aromatic carboxylic acids is 1. The average Bonchev–Trinajstić information content (AvgIpc) is 3.58. The number of hydrogen-bond acceptors (Lipinski definition) is 5. The van der Waals surface area contributed by atoms with Crippen molar-refractivity contribution < 1.29 is 23.9 Å². The summed E-state index contributed by atoms with van der Waals surface area (Å²) in [6.45, 7) is 1.86. The number of hydrogen-bond donors (Lipinski definition) is 4. The minimum Gasteiger partial charge on any atom is -0.477 e. The second-order valence-corrected chi connectivity index (χ2v) is 11.1. The van der Waals surface area contributed by atoms with E-state index in [4.69, 9.17) is 5.73 Å². The van der Waals surface area contributed by atoms with Gasteiger partial charge in [-0.15, -0.1) is 0 Å². The van der Waals surface area contributed by atoms with Gasteiger partial charge in [0.25, 0.3) is 0 Å². The number of aromatic amines is 1. The Balaban J connectivity index is 1.34. The Morgan fingerprint density at radius 2 is 1.79 bits per heavy atom. The van der Waals surface area contributed by atoms with Gasteiger partial charge in [0.15, 0.2) is 0 Å². The minimum absolute atomic E-state index is 0.0177. The normalized spacial score (nSPS) is 27.4. The fourth-order valence-electron chi connectivity index (χ4n) is 6.67. The number of H-pyrrole nitrogens is 1. The van der Waals surface area contributed by atoms with Gasteiger partial charge in [0, 0.05) is 41.1 Å². The van der Waals surface area contributed by atoms with Gasteiger partial charge in [0.2, 0.25) is 11.8 Å². The number of nitrogens with zero attached hydrogens (tertiary/aromatic N) is 2. The number of fused-ring (bicyclic) bond motifs is 1. The Bertz CT molecular complexity index is 1170. The standard InChI is InChI=1S/C28H38FN5O4/c29-16-21(30)17-4-6-18(7-5-17)27(36)34-13-10-24(33-11-2-1-3-12-33)25(34)26(35)31-20-8-9-22-19(14-20)15-23(32-22)28(37)38/h8-9,14-15,17-18,21,24-25,32H,1-7,10-13,16,30H2,(H,31,35)(H,37,38)/t17-,18-,21-,24-,25+/m1/s1. The molecule has 1 aromatic heterocycles. The van der Waals surface area contributed by atoms with Crippen molar-refractivity contribution in [3.05, 3.63) is 30.0 Å². The smallest absolute Gasteiger partial charge is 0.352 e. The maximum atomic E-state index is 13.8. The number of nitrogens with one attached hydrogen (secondary N) is 2. The van der Waals surface area contributed by atoms with E-state index in [1.807, 2.05) is 0 Å². The number of benzene rings is 1. The molecule has 5 N–H and O–H groups in total. The number of carboxylic acids is 1. The summed E-state index contributed by atoms with van der Waals surface area (Å²) in [7, 11) is 0. The summed E-state index contributed by atoms with van der Waals surface area (Å²) in [5, 5.41) is 13.0. The summed E-state index contributed by atoms with van der Waals surface area (Å²) >= 11 is 0. The Labute approximate surface area is 221 Å². The van der Waals surface area contributed by atoms with E-state index in [0.29, 0.717) is 36.0 Å². The molecule has 2 amide bonds. The van der Waals surface area contributed by atoms with Gasteiger partial charge in [-0.2, -0.15) is 0 Å². The van der Waals surface area contributed by atoms with Crippen molar-refractivity contribution in [1.29, 1.82) is 0 Å². The van der Waals surface area contributed by atoms with Crippen molar-refractivity contribution in [3.8, 4) is 0 Å². The van der Waals surface area contributed by atoms with Gasteiger partial charge in [-0.3, -0.25) is 14.5 Å². The molecule has 2 saturated heterocycles. The Hall–Kier alpha value is -2.98.